The number of esters is 1. The van der Waals surface area contributed by atoms with Crippen LogP contribution in [0.4, 0.5) is 0 Å². The van der Waals surface area contributed by atoms with Gasteiger partial charge in [0.1, 0.15) is 0 Å². The van der Waals surface area contributed by atoms with Gasteiger partial charge in [0.25, 0.3) is 0 Å². The molecular formula is C23H43NO4. The molecule has 0 aliphatic rings. The smallest absolute Gasteiger partial charge is 0.312 e. The quantitative estimate of drug-likeness (QED) is 0.493. The number of carbonyl (C=O) groups excluding carboxylic acids is 3. The van der Waals surface area contributed by atoms with Crippen molar-refractivity contribution < 1.29 is 19.1 Å². The van der Waals surface area contributed by atoms with Crippen LogP contribution in [-0.2, 0) is 19.1 Å². The average molecular weight is 398 g/mol. The van der Waals surface area contributed by atoms with E-state index in [0.29, 0.717) is 6.41 Å². The predicted molar refractivity (Wildman–Crippen MR) is 113 cm³/mol. The van der Waals surface area contributed by atoms with Gasteiger partial charge in [-0.3, -0.25) is 19.7 Å². The lowest BCUT2D eigenvalue weighted by molar-refractivity contribution is -0.189. The lowest BCUT2D eigenvalue weighted by atomic mass is 9.43. The van der Waals surface area contributed by atoms with Crippen molar-refractivity contribution in [2.45, 2.75) is 83.1 Å². The van der Waals surface area contributed by atoms with Crippen LogP contribution in [0.3, 0.4) is 0 Å². The Morgan fingerprint density at radius 1 is 0.893 bits per heavy atom. The molecule has 5 heteroatoms. The van der Waals surface area contributed by atoms with Gasteiger partial charge in [-0.2, -0.15) is 0 Å². The molecule has 0 spiro atoms. The zero-order valence-corrected chi connectivity index (χ0v) is 20.4. The molecule has 0 aromatic heterocycles. The Kier molecular flexibility index (Phi) is 7.75. The number of ether oxygens (including phenoxy) is 1. The summed E-state index contributed by atoms with van der Waals surface area (Å²) in [5.41, 5.74) is -2.51. The van der Waals surface area contributed by atoms with Crippen LogP contribution in [0.5, 0.6) is 0 Å². The van der Waals surface area contributed by atoms with Gasteiger partial charge in [-0.25, -0.2) is 0 Å². The maximum absolute atomic E-state index is 13.1. The highest BCUT2D eigenvalue weighted by atomic mass is 16.5. The predicted octanol–water partition coefficient (Wildman–Crippen LogP) is 4.84. The van der Waals surface area contributed by atoms with Crippen molar-refractivity contribution in [1.82, 2.24) is 5.32 Å². The highest BCUT2D eigenvalue weighted by Gasteiger charge is 2.63. The molecule has 3 unspecified atom stereocenters. The van der Waals surface area contributed by atoms with Crippen LogP contribution >= 0.6 is 0 Å². The molecule has 0 saturated heterocycles. The van der Waals surface area contributed by atoms with Crippen molar-refractivity contribution >= 4 is 18.3 Å². The second kappa shape index (κ2) is 8.16. The molecule has 0 aliphatic heterocycles. The first-order valence-corrected chi connectivity index (χ1v) is 10.1. The van der Waals surface area contributed by atoms with E-state index in [0.717, 1.165) is 0 Å². The van der Waals surface area contributed by atoms with Crippen LogP contribution in [0, 0.1) is 38.9 Å². The largest absolute Gasteiger partial charge is 0.469 e. The fraction of sp³-hybridized carbons (Fsp3) is 0.870. The molecule has 0 heterocycles. The van der Waals surface area contributed by atoms with Crippen LogP contribution in [0.1, 0.15) is 83.1 Å². The number of amides is 2. The lowest BCUT2D eigenvalue weighted by Gasteiger charge is -2.60. The molecule has 0 fully saturated rings. The summed E-state index contributed by atoms with van der Waals surface area (Å²) in [5, 5.41) is 2.35. The maximum atomic E-state index is 13.1. The van der Waals surface area contributed by atoms with Crippen molar-refractivity contribution in [3.63, 3.8) is 0 Å². The van der Waals surface area contributed by atoms with Gasteiger partial charge in [-0.05, 0) is 34.5 Å². The van der Waals surface area contributed by atoms with Gasteiger partial charge in [0.15, 0.2) is 0 Å². The molecule has 0 aromatic carbocycles. The second-order valence-corrected chi connectivity index (χ2v) is 11.5. The summed E-state index contributed by atoms with van der Waals surface area (Å²) < 4.78 is 5.25. The summed E-state index contributed by atoms with van der Waals surface area (Å²) in [5.74, 6) is -1.06. The number of imide groups is 1. The third kappa shape index (κ3) is 4.28. The van der Waals surface area contributed by atoms with Gasteiger partial charge in [0.2, 0.25) is 12.3 Å². The van der Waals surface area contributed by atoms with E-state index in [9.17, 15) is 14.4 Å². The van der Waals surface area contributed by atoms with Crippen molar-refractivity contribution in [2.24, 2.45) is 38.9 Å². The monoisotopic (exact) mass is 397 g/mol. The van der Waals surface area contributed by atoms with Gasteiger partial charge < -0.3 is 4.74 Å². The Bertz CT molecular complexity index is 593. The minimum absolute atomic E-state index is 0.117. The van der Waals surface area contributed by atoms with E-state index < -0.39 is 22.2 Å². The van der Waals surface area contributed by atoms with Gasteiger partial charge in [0, 0.05) is 5.92 Å². The van der Waals surface area contributed by atoms with E-state index in [-0.39, 0.29) is 28.6 Å². The normalized spacial score (nSPS) is 17.9. The zero-order chi connectivity index (χ0) is 22.9. The van der Waals surface area contributed by atoms with E-state index in [1.165, 1.54) is 7.11 Å². The van der Waals surface area contributed by atoms with Gasteiger partial charge >= 0.3 is 5.97 Å². The minimum atomic E-state index is -0.809. The third-order valence-corrected chi connectivity index (χ3v) is 8.01. The molecule has 0 saturated carbocycles. The van der Waals surface area contributed by atoms with Crippen LogP contribution in [-0.4, -0.2) is 25.4 Å². The van der Waals surface area contributed by atoms with Gasteiger partial charge in [-0.1, -0.05) is 76.2 Å². The summed E-state index contributed by atoms with van der Waals surface area (Å²) in [4.78, 5) is 36.8. The summed E-state index contributed by atoms with van der Waals surface area (Å²) >= 11 is 0. The van der Waals surface area contributed by atoms with E-state index >= 15 is 0 Å². The topological polar surface area (TPSA) is 72.5 Å². The molecule has 1 N–H and O–H groups in total. The first-order valence-electron chi connectivity index (χ1n) is 10.1. The summed E-state index contributed by atoms with van der Waals surface area (Å²) in [7, 11) is 1.42. The van der Waals surface area contributed by atoms with Crippen molar-refractivity contribution in [3.8, 4) is 0 Å². The molecule has 0 aliphatic carbocycles. The Morgan fingerprint density at radius 2 is 1.32 bits per heavy atom. The maximum Gasteiger partial charge on any atom is 0.312 e. The van der Waals surface area contributed by atoms with E-state index in [2.05, 4.69) is 33.0 Å². The molecule has 5 nitrogen and oxygen atoms in total. The highest BCUT2D eigenvalue weighted by molar-refractivity contribution is 5.88. The number of rotatable bonds is 7. The average Bonchev–Trinajstić information content (AvgIpc) is 2.50. The lowest BCUT2D eigenvalue weighted by Crippen LogP contribution is -2.60. The van der Waals surface area contributed by atoms with Crippen molar-refractivity contribution in [2.75, 3.05) is 7.11 Å². The molecule has 164 valence electrons. The fourth-order valence-electron chi connectivity index (χ4n) is 4.85. The Morgan fingerprint density at radius 3 is 1.61 bits per heavy atom. The van der Waals surface area contributed by atoms with E-state index in [4.69, 9.17) is 4.74 Å². The molecule has 0 bridgehead atoms. The van der Waals surface area contributed by atoms with Crippen LogP contribution < -0.4 is 5.32 Å². The van der Waals surface area contributed by atoms with Gasteiger partial charge in [0.05, 0.1) is 12.5 Å². The molecule has 2 amide bonds. The number of nitrogens with one attached hydrogen (secondary N) is 1. The Labute approximate surface area is 172 Å². The number of methoxy groups -OCH3 is 1. The van der Waals surface area contributed by atoms with Gasteiger partial charge in [-0.15, -0.1) is 0 Å². The number of hydrogen-bond acceptors (Lipinski definition) is 4. The fourth-order valence-corrected chi connectivity index (χ4v) is 4.85. The van der Waals surface area contributed by atoms with Crippen LogP contribution in [0.2, 0.25) is 0 Å². The van der Waals surface area contributed by atoms with E-state index in [1.807, 2.05) is 55.4 Å². The first kappa shape index (κ1) is 26.6. The second-order valence-electron chi connectivity index (χ2n) is 11.5. The number of hydrogen-bond donors (Lipinski definition) is 1. The third-order valence-electron chi connectivity index (χ3n) is 8.01. The zero-order valence-electron chi connectivity index (χ0n) is 20.4. The van der Waals surface area contributed by atoms with Crippen LogP contribution in [0.15, 0.2) is 0 Å². The summed E-state index contributed by atoms with van der Waals surface area (Å²) in [6.45, 7) is 24.6. The number of carbonyl (C=O) groups is 3. The first-order chi connectivity index (χ1) is 12.2. The Hall–Kier alpha value is -1.39. The molecule has 0 radical (unpaired) electrons. The molecule has 28 heavy (non-hydrogen) atoms. The molecule has 0 aromatic rings. The van der Waals surface area contributed by atoms with E-state index in [1.54, 1.807) is 0 Å². The summed E-state index contributed by atoms with van der Waals surface area (Å²) in [6, 6.07) is 0. The SMILES string of the molecule is COC(=O)C(C)(C(C)(C)C)C(C)(C)C(C)(C)C(C)C(C(=O)NC=O)C(C)(C)C. The minimum Gasteiger partial charge on any atom is -0.469 e. The van der Waals surface area contributed by atoms with Crippen molar-refractivity contribution in [3.05, 3.63) is 0 Å². The Balaban J connectivity index is 6.61. The summed E-state index contributed by atoms with van der Waals surface area (Å²) in [6.07, 6.45) is 0.444. The molecule has 3 atom stereocenters. The molecular weight excluding hydrogens is 354 g/mol. The standard InChI is InChI=1S/C23H43NO4/c1-15(16(19(2,3)4)17(26)24-14-25)21(8,9)22(10,11)23(12,18(27)28-13)20(5,6)7/h14-16H,1-13H3,(H,24,25,26). The highest BCUT2D eigenvalue weighted by Crippen LogP contribution is 2.63. The van der Waals surface area contributed by atoms with Crippen molar-refractivity contribution in [1.29, 1.82) is 0 Å². The van der Waals surface area contributed by atoms with Crippen LogP contribution in [0.25, 0.3) is 0 Å². The molecule has 0 rings (SSSR count).